The smallest absolute Gasteiger partial charge is 0.294 e. The molecule has 1 fully saturated rings. The Hall–Kier alpha value is -2.74. The summed E-state index contributed by atoms with van der Waals surface area (Å²) in [6.45, 7) is 1.20. The van der Waals surface area contributed by atoms with Crippen molar-refractivity contribution >= 4 is 11.6 Å². The Kier molecular flexibility index (Phi) is 4.57. The van der Waals surface area contributed by atoms with Gasteiger partial charge in [-0.3, -0.25) is 14.9 Å². The molecule has 8 heteroatoms. The van der Waals surface area contributed by atoms with Gasteiger partial charge in [0.05, 0.1) is 4.92 Å². The standard InChI is InChI=1S/C16H18N4O4/c21-11-12-4-3-8-18(10-12)16(22)13-7-9-19(17-13)14-5-1-2-6-15(14)20(23)24/h1-2,5-7,9,12,21H,3-4,8,10-11H2. The van der Waals surface area contributed by atoms with Crippen molar-refractivity contribution in [2.75, 3.05) is 19.7 Å². The molecule has 2 aromatic rings. The normalized spacial score (nSPS) is 17.7. The van der Waals surface area contributed by atoms with Crippen LogP contribution in [0.2, 0.25) is 0 Å². The van der Waals surface area contributed by atoms with Gasteiger partial charge in [-0.05, 0) is 30.9 Å². The van der Waals surface area contributed by atoms with Crippen LogP contribution in [0.15, 0.2) is 36.5 Å². The van der Waals surface area contributed by atoms with Gasteiger partial charge < -0.3 is 10.0 Å². The highest BCUT2D eigenvalue weighted by atomic mass is 16.6. The molecular formula is C16H18N4O4. The van der Waals surface area contributed by atoms with Crippen molar-refractivity contribution in [3.63, 3.8) is 0 Å². The third kappa shape index (κ3) is 3.13. The molecule has 1 aliphatic heterocycles. The molecule has 1 N–H and O–H groups in total. The van der Waals surface area contributed by atoms with E-state index in [0.29, 0.717) is 18.8 Å². The lowest BCUT2D eigenvalue weighted by Crippen LogP contribution is -2.41. The predicted molar refractivity (Wildman–Crippen MR) is 85.9 cm³/mol. The van der Waals surface area contributed by atoms with E-state index in [1.165, 1.54) is 10.7 Å². The summed E-state index contributed by atoms with van der Waals surface area (Å²) in [6, 6.07) is 7.81. The second-order valence-electron chi connectivity index (χ2n) is 5.83. The van der Waals surface area contributed by atoms with Crippen LogP contribution in [0.3, 0.4) is 0 Å². The molecule has 2 heterocycles. The van der Waals surface area contributed by atoms with E-state index in [0.717, 1.165) is 12.8 Å². The monoisotopic (exact) mass is 330 g/mol. The van der Waals surface area contributed by atoms with Crippen molar-refractivity contribution in [2.45, 2.75) is 12.8 Å². The zero-order chi connectivity index (χ0) is 17.1. The lowest BCUT2D eigenvalue weighted by molar-refractivity contribution is -0.384. The van der Waals surface area contributed by atoms with Gasteiger partial charge in [0.25, 0.3) is 11.6 Å². The lowest BCUT2D eigenvalue weighted by atomic mass is 9.99. The molecule has 1 saturated heterocycles. The van der Waals surface area contributed by atoms with Crippen LogP contribution in [0.1, 0.15) is 23.3 Å². The van der Waals surface area contributed by atoms with Crippen LogP contribution in [0, 0.1) is 16.0 Å². The van der Waals surface area contributed by atoms with Crippen LogP contribution in [-0.4, -0.2) is 50.3 Å². The minimum Gasteiger partial charge on any atom is -0.396 e. The fourth-order valence-corrected chi connectivity index (χ4v) is 2.94. The van der Waals surface area contributed by atoms with Crippen LogP contribution in [-0.2, 0) is 0 Å². The van der Waals surface area contributed by atoms with Crippen molar-refractivity contribution < 1.29 is 14.8 Å². The summed E-state index contributed by atoms with van der Waals surface area (Å²) in [5, 5.41) is 24.6. The third-order valence-corrected chi connectivity index (χ3v) is 4.20. The summed E-state index contributed by atoms with van der Waals surface area (Å²) in [5.41, 5.74) is 0.484. The summed E-state index contributed by atoms with van der Waals surface area (Å²) in [5.74, 6) is -0.120. The van der Waals surface area contributed by atoms with Crippen LogP contribution in [0.4, 0.5) is 5.69 Å². The number of hydrogen-bond acceptors (Lipinski definition) is 5. The van der Waals surface area contributed by atoms with Gasteiger partial charge in [0.2, 0.25) is 0 Å². The number of amides is 1. The van der Waals surface area contributed by atoms with E-state index in [1.54, 1.807) is 35.4 Å². The highest BCUT2D eigenvalue weighted by molar-refractivity contribution is 5.92. The zero-order valence-corrected chi connectivity index (χ0v) is 13.0. The number of benzene rings is 1. The van der Waals surface area contributed by atoms with Crippen LogP contribution in [0.5, 0.6) is 0 Å². The molecule has 1 unspecified atom stereocenters. The summed E-state index contributed by atoms with van der Waals surface area (Å²) in [7, 11) is 0. The van der Waals surface area contributed by atoms with E-state index in [-0.39, 0.29) is 29.8 Å². The van der Waals surface area contributed by atoms with Gasteiger partial charge in [-0.1, -0.05) is 12.1 Å². The van der Waals surface area contributed by atoms with E-state index in [2.05, 4.69) is 5.10 Å². The molecule has 0 aliphatic carbocycles. The number of rotatable bonds is 4. The molecule has 1 aromatic carbocycles. The lowest BCUT2D eigenvalue weighted by Gasteiger charge is -2.31. The molecule has 0 radical (unpaired) electrons. The zero-order valence-electron chi connectivity index (χ0n) is 13.0. The number of nitrogens with zero attached hydrogens (tertiary/aromatic N) is 4. The highest BCUT2D eigenvalue weighted by Crippen LogP contribution is 2.22. The van der Waals surface area contributed by atoms with Gasteiger partial charge in [0.15, 0.2) is 5.69 Å². The Bertz CT molecular complexity index is 758. The average Bonchev–Trinajstić information content (AvgIpc) is 3.11. The minimum atomic E-state index is -0.477. The molecular weight excluding hydrogens is 312 g/mol. The first-order valence-corrected chi connectivity index (χ1v) is 7.79. The summed E-state index contributed by atoms with van der Waals surface area (Å²) in [6.07, 6.45) is 3.30. The number of nitro groups is 1. The maximum atomic E-state index is 12.6. The van der Waals surface area contributed by atoms with Crippen molar-refractivity contribution in [3.8, 4) is 5.69 Å². The molecule has 1 amide bonds. The first kappa shape index (κ1) is 16.1. The van der Waals surface area contributed by atoms with Crippen LogP contribution < -0.4 is 0 Å². The summed E-state index contributed by atoms with van der Waals surface area (Å²) in [4.78, 5) is 24.9. The van der Waals surface area contributed by atoms with E-state index >= 15 is 0 Å². The topological polar surface area (TPSA) is 102 Å². The molecule has 0 bridgehead atoms. The van der Waals surface area contributed by atoms with E-state index in [9.17, 15) is 20.0 Å². The molecule has 8 nitrogen and oxygen atoms in total. The Morgan fingerprint density at radius 1 is 1.38 bits per heavy atom. The fraction of sp³-hybridized carbons (Fsp3) is 0.375. The van der Waals surface area contributed by atoms with Gasteiger partial charge >= 0.3 is 0 Å². The molecule has 0 saturated carbocycles. The highest BCUT2D eigenvalue weighted by Gasteiger charge is 2.26. The van der Waals surface area contributed by atoms with Crippen molar-refractivity contribution in [1.82, 2.24) is 14.7 Å². The Morgan fingerprint density at radius 2 is 2.17 bits per heavy atom. The van der Waals surface area contributed by atoms with E-state index < -0.39 is 4.92 Å². The number of hydrogen-bond donors (Lipinski definition) is 1. The van der Waals surface area contributed by atoms with E-state index in [1.807, 2.05) is 0 Å². The number of nitro benzene ring substituents is 1. The molecule has 24 heavy (non-hydrogen) atoms. The van der Waals surface area contributed by atoms with Crippen LogP contribution >= 0.6 is 0 Å². The first-order chi connectivity index (χ1) is 11.6. The third-order valence-electron chi connectivity index (χ3n) is 4.20. The van der Waals surface area contributed by atoms with Crippen LogP contribution in [0.25, 0.3) is 5.69 Å². The number of likely N-dealkylation sites (tertiary alicyclic amines) is 1. The second-order valence-corrected chi connectivity index (χ2v) is 5.83. The molecule has 3 rings (SSSR count). The first-order valence-electron chi connectivity index (χ1n) is 7.79. The fourth-order valence-electron chi connectivity index (χ4n) is 2.94. The van der Waals surface area contributed by atoms with Gasteiger partial charge in [-0.15, -0.1) is 0 Å². The number of carbonyl (C=O) groups excluding carboxylic acids is 1. The summed E-state index contributed by atoms with van der Waals surface area (Å²) >= 11 is 0. The van der Waals surface area contributed by atoms with Crippen molar-refractivity contribution in [2.24, 2.45) is 5.92 Å². The Balaban J connectivity index is 1.83. The Labute approximate surface area is 138 Å². The van der Waals surface area contributed by atoms with Gasteiger partial charge in [0.1, 0.15) is 5.69 Å². The molecule has 1 atom stereocenters. The SMILES string of the molecule is O=C(c1ccn(-c2ccccc2[N+](=O)[O-])n1)N1CCCC(CO)C1. The van der Waals surface area contributed by atoms with Crippen molar-refractivity contribution in [3.05, 3.63) is 52.3 Å². The maximum Gasteiger partial charge on any atom is 0.294 e. The largest absolute Gasteiger partial charge is 0.396 e. The van der Waals surface area contributed by atoms with Crippen molar-refractivity contribution in [1.29, 1.82) is 0 Å². The number of piperidine rings is 1. The molecule has 0 spiro atoms. The number of para-hydroxylation sites is 2. The Morgan fingerprint density at radius 3 is 2.92 bits per heavy atom. The molecule has 126 valence electrons. The summed E-state index contributed by atoms with van der Waals surface area (Å²) < 4.78 is 1.35. The molecule has 1 aromatic heterocycles. The number of carbonyl (C=O) groups is 1. The maximum absolute atomic E-state index is 12.6. The quantitative estimate of drug-likeness (QED) is 0.678. The van der Waals surface area contributed by atoms with Gasteiger partial charge in [-0.25, -0.2) is 4.68 Å². The predicted octanol–water partition coefficient (Wildman–Crippen LogP) is 1.62. The average molecular weight is 330 g/mol. The minimum absolute atomic E-state index is 0.0639. The van der Waals surface area contributed by atoms with Gasteiger partial charge in [-0.2, -0.15) is 5.10 Å². The van der Waals surface area contributed by atoms with Gasteiger partial charge in [0, 0.05) is 32.0 Å². The number of aliphatic hydroxyl groups excluding tert-OH is 1. The number of aliphatic hydroxyl groups is 1. The molecule has 1 aliphatic rings. The number of aromatic nitrogens is 2. The van der Waals surface area contributed by atoms with E-state index in [4.69, 9.17) is 0 Å². The second kappa shape index (κ2) is 6.79.